The van der Waals surface area contributed by atoms with E-state index in [1.165, 1.54) is 23.9 Å². The number of ether oxygens (including phenoxy) is 1. The maximum absolute atomic E-state index is 13.0. The number of hydrogen-bond acceptors (Lipinski definition) is 5. The smallest absolute Gasteiger partial charge is 0.294 e. The second kappa shape index (κ2) is 8.52. The summed E-state index contributed by atoms with van der Waals surface area (Å²) in [6, 6.07) is 2.51. The maximum Gasteiger partial charge on any atom is 0.294 e. The molecule has 0 aliphatic carbocycles. The fraction of sp³-hybridized carbons (Fsp3) is 0.400. The van der Waals surface area contributed by atoms with Gasteiger partial charge >= 0.3 is 0 Å². The summed E-state index contributed by atoms with van der Waals surface area (Å²) in [5.74, 6) is -2.68. The molecule has 2 aromatic rings. The molecule has 0 aliphatic heterocycles. The van der Waals surface area contributed by atoms with E-state index in [0.29, 0.717) is 16.9 Å². The van der Waals surface area contributed by atoms with E-state index in [4.69, 9.17) is 4.74 Å². The number of ketones is 1. The summed E-state index contributed by atoms with van der Waals surface area (Å²) in [5.41, 5.74) is 0.862. The lowest BCUT2D eigenvalue weighted by Crippen LogP contribution is -2.49. The van der Waals surface area contributed by atoms with Crippen molar-refractivity contribution in [3.05, 3.63) is 46.8 Å². The van der Waals surface area contributed by atoms with Crippen LogP contribution in [0.4, 0.5) is 10.1 Å². The quantitative estimate of drug-likeness (QED) is 0.418. The molecule has 0 saturated carbocycles. The number of hydrogen-bond donors (Lipinski definition) is 2. The summed E-state index contributed by atoms with van der Waals surface area (Å²) in [5, 5.41) is 5.26. The van der Waals surface area contributed by atoms with Crippen molar-refractivity contribution in [1.82, 2.24) is 14.9 Å². The summed E-state index contributed by atoms with van der Waals surface area (Å²) < 4.78 is 19.5. The number of methoxy groups -OCH3 is 1. The number of aromatic nitrogens is 2. The molecule has 0 unspecified atom stereocenters. The Kier molecular flexibility index (Phi) is 6.53. The van der Waals surface area contributed by atoms with Gasteiger partial charge in [-0.15, -0.1) is 0 Å². The largest absolute Gasteiger partial charge is 0.382 e. The number of halogens is 1. The first kappa shape index (κ1) is 22.2. The Morgan fingerprint density at radius 3 is 2.45 bits per heavy atom. The van der Waals surface area contributed by atoms with Gasteiger partial charge in [-0.1, -0.05) is 0 Å². The van der Waals surface area contributed by atoms with Gasteiger partial charge in [0.25, 0.3) is 17.6 Å². The molecule has 2 rings (SSSR count). The van der Waals surface area contributed by atoms with Gasteiger partial charge in [0, 0.05) is 19.9 Å². The van der Waals surface area contributed by atoms with Crippen LogP contribution in [0.1, 0.15) is 46.0 Å². The summed E-state index contributed by atoms with van der Waals surface area (Å²) in [7, 11) is 3.11. The Balaban J connectivity index is 2.31. The maximum atomic E-state index is 13.0. The first-order valence-electron chi connectivity index (χ1n) is 8.93. The number of amides is 2. The van der Waals surface area contributed by atoms with E-state index < -0.39 is 29.1 Å². The van der Waals surface area contributed by atoms with Crippen LogP contribution < -0.4 is 10.6 Å². The zero-order valence-electron chi connectivity index (χ0n) is 17.3. The molecule has 2 N–H and O–H groups in total. The standard InChI is InChI=1S/C20H25FN4O4/c1-11-15(18(27)23-13-7-8-14(21)22-9-13)12(2)25(5)16(11)17(26)19(28)24-20(3,4)10-29-6/h7-9H,10H2,1-6H3,(H,23,27)(H,24,28). The van der Waals surface area contributed by atoms with E-state index in [2.05, 4.69) is 15.6 Å². The predicted octanol–water partition coefficient (Wildman–Crippen LogP) is 2.15. The number of nitrogens with zero attached hydrogens (tertiary/aromatic N) is 2. The van der Waals surface area contributed by atoms with Crippen LogP contribution >= 0.6 is 0 Å². The van der Waals surface area contributed by atoms with E-state index in [0.717, 1.165) is 6.07 Å². The molecule has 0 aliphatic rings. The molecule has 0 bridgehead atoms. The third-order valence-electron chi connectivity index (χ3n) is 4.52. The molecule has 0 fully saturated rings. The number of nitrogens with one attached hydrogen (secondary N) is 2. The molecule has 9 heteroatoms. The lowest BCUT2D eigenvalue weighted by molar-refractivity contribution is -0.119. The van der Waals surface area contributed by atoms with Crippen LogP contribution in [-0.2, 0) is 16.6 Å². The molecule has 0 spiro atoms. The average molecular weight is 404 g/mol. The fourth-order valence-electron chi connectivity index (χ4n) is 3.15. The van der Waals surface area contributed by atoms with Crippen LogP contribution in [0.2, 0.25) is 0 Å². The van der Waals surface area contributed by atoms with Gasteiger partial charge in [-0.3, -0.25) is 14.4 Å². The Labute approximate surface area is 168 Å². The van der Waals surface area contributed by atoms with Gasteiger partial charge in [0.05, 0.1) is 35.3 Å². The van der Waals surface area contributed by atoms with Crippen molar-refractivity contribution in [3.63, 3.8) is 0 Å². The molecule has 29 heavy (non-hydrogen) atoms. The minimum atomic E-state index is -0.787. The minimum absolute atomic E-state index is 0.121. The predicted molar refractivity (Wildman–Crippen MR) is 105 cm³/mol. The zero-order chi connectivity index (χ0) is 21.9. The van der Waals surface area contributed by atoms with Crippen molar-refractivity contribution in [2.75, 3.05) is 19.0 Å². The normalized spacial score (nSPS) is 11.3. The number of rotatable bonds is 7. The Morgan fingerprint density at radius 2 is 1.90 bits per heavy atom. The van der Waals surface area contributed by atoms with Crippen molar-refractivity contribution in [2.24, 2.45) is 7.05 Å². The second-order valence-corrected chi connectivity index (χ2v) is 7.42. The van der Waals surface area contributed by atoms with Crippen LogP contribution in [0.25, 0.3) is 0 Å². The fourth-order valence-corrected chi connectivity index (χ4v) is 3.15. The molecular weight excluding hydrogens is 379 g/mol. The third kappa shape index (κ3) is 4.86. The summed E-state index contributed by atoms with van der Waals surface area (Å²) in [6.45, 7) is 6.98. The van der Waals surface area contributed by atoms with E-state index in [-0.39, 0.29) is 17.9 Å². The van der Waals surface area contributed by atoms with Gasteiger partial charge in [0.2, 0.25) is 5.95 Å². The number of anilines is 1. The Bertz CT molecular complexity index is 948. The van der Waals surface area contributed by atoms with Gasteiger partial charge in [-0.25, -0.2) is 4.98 Å². The Hall–Kier alpha value is -3.07. The van der Waals surface area contributed by atoms with Gasteiger partial charge in [0.1, 0.15) is 0 Å². The lowest BCUT2D eigenvalue weighted by Gasteiger charge is -2.24. The monoisotopic (exact) mass is 404 g/mol. The van der Waals surface area contributed by atoms with Crippen LogP contribution in [0.3, 0.4) is 0 Å². The summed E-state index contributed by atoms with van der Waals surface area (Å²) >= 11 is 0. The number of Topliss-reactive ketones (excluding diaryl/α,β-unsaturated/α-hetero) is 1. The number of carbonyl (C=O) groups excluding carboxylic acids is 3. The van der Waals surface area contributed by atoms with Crippen LogP contribution in [0.5, 0.6) is 0 Å². The van der Waals surface area contributed by atoms with E-state index in [9.17, 15) is 18.8 Å². The highest BCUT2D eigenvalue weighted by molar-refractivity contribution is 6.43. The zero-order valence-corrected chi connectivity index (χ0v) is 17.3. The average Bonchev–Trinajstić information content (AvgIpc) is 2.85. The molecule has 8 nitrogen and oxygen atoms in total. The number of carbonyl (C=O) groups is 3. The first-order chi connectivity index (χ1) is 13.5. The van der Waals surface area contributed by atoms with Crippen LogP contribution in [-0.4, -0.2) is 46.4 Å². The van der Waals surface area contributed by atoms with Crippen molar-refractivity contribution < 1.29 is 23.5 Å². The lowest BCUT2D eigenvalue weighted by atomic mass is 10.0. The highest BCUT2D eigenvalue weighted by atomic mass is 19.1. The van der Waals surface area contributed by atoms with Crippen molar-refractivity contribution in [2.45, 2.75) is 33.2 Å². The molecule has 2 heterocycles. The summed E-state index contributed by atoms with van der Waals surface area (Å²) in [4.78, 5) is 41.5. The molecule has 0 saturated heterocycles. The molecule has 0 radical (unpaired) electrons. The van der Waals surface area contributed by atoms with E-state index in [1.54, 1.807) is 34.7 Å². The molecule has 156 valence electrons. The molecule has 0 atom stereocenters. The topological polar surface area (TPSA) is 102 Å². The first-order valence-corrected chi connectivity index (χ1v) is 8.93. The Morgan fingerprint density at radius 1 is 1.24 bits per heavy atom. The number of pyridine rings is 1. The van der Waals surface area contributed by atoms with Crippen LogP contribution in [0, 0.1) is 19.8 Å². The van der Waals surface area contributed by atoms with Gasteiger partial charge in [-0.2, -0.15) is 4.39 Å². The van der Waals surface area contributed by atoms with E-state index >= 15 is 0 Å². The van der Waals surface area contributed by atoms with Crippen molar-refractivity contribution >= 4 is 23.3 Å². The van der Waals surface area contributed by atoms with E-state index in [1.807, 2.05) is 0 Å². The SMILES string of the molecule is COCC(C)(C)NC(=O)C(=O)c1c(C)c(C(=O)Nc2ccc(F)nc2)c(C)n1C. The van der Waals surface area contributed by atoms with Crippen molar-refractivity contribution in [1.29, 1.82) is 0 Å². The molecule has 0 aromatic carbocycles. The minimum Gasteiger partial charge on any atom is -0.382 e. The van der Waals surface area contributed by atoms with Gasteiger partial charge < -0.3 is 19.9 Å². The van der Waals surface area contributed by atoms with Crippen molar-refractivity contribution in [3.8, 4) is 0 Å². The second-order valence-electron chi connectivity index (χ2n) is 7.42. The molecule has 2 aromatic heterocycles. The third-order valence-corrected chi connectivity index (χ3v) is 4.52. The highest BCUT2D eigenvalue weighted by Crippen LogP contribution is 2.23. The molecular formula is C20H25FN4O4. The van der Waals surface area contributed by atoms with Gasteiger partial charge in [-0.05, 0) is 45.4 Å². The summed E-state index contributed by atoms with van der Waals surface area (Å²) in [6.07, 6.45) is 1.19. The van der Waals surface area contributed by atoms with Crippen LogP contribution in [0.15, 0.2) is 18.3 Å². The van der Waals surface area contributed by atoms with Gasteiger partial charge in [0.15, 0.2) is 0 Å². The molecule has 2 amide bonds. The highest BCUT2D eigenvalue weighted by Gasteiger charge is 2.31.